The number of carbonyl (C=O) groups excluding carboxylic acids is 1. The smallest absolute Gasteiger partial charge is 0.325 e. The largest absolute Gasteiger partial charge is 0.508 e. The van der Waals surface area contributed by atoms with Gasteiger partial charge in [0.25, 0.3) is 5.91 Å². The van der Waals surface area contributed by atoms with Crippen LogP contribution in [0.2, 0.25) is 0 Å². The van der Waals surface area contributed by atoms with E-state index in [1.54, 1.807) is 32.2 Å². The van der Waals surface area contributed by atoms with E-state index >= 15 is 0 Å². The third-order valence-electron chi connectivity index (χ3n) is 4.08. The minimum Gasteiger partial charge on any atom is -0.508 e. The summed E-state index contributed by atoms with van der Waals surface area (Å²) in [5.74, 6) is -0.738. The number of aliphatic carboxylic acids is 1. The molecular formula is C18H19N5O4S. The molecule has 1 aromatic carbocycles. The van der Waals surface area contributed by atoms with Crippen molar-refractivity contribution in [2.24, 2.45) is 0 Å². The first-order chi connectivity index (χ1) is 13.2. The van der Waals surface area contributed by atoms with Gasteiger partial charge in [0, 0.05) is 17.3 Å². The minimum atomic E-state index is -0.986. The number of hydrogen-bond donors (Lipinski definition) is 4. The standard InChI is InChI=1S/C18H19N5O4S/c1-9-4-5-12(24)11(3)15(9)20-17(27)13-6-19-18(28-13)21-16-10(2)7-23(22-16)8-14(25)26/h4-7,24H,8H2,1-3H3,(H,20,27)(H,25,26)(H,19,21,22). The first-order valence-electron chi connectivity index (χ1n) is 8.34. The van der Waals surface area contributed by atoms with Gasteiger partial charge < -0.3 is 20.8 Å². The van der Waals surface area contributed by atoms with Crippen molar-refractivity contribution in [3.8, 4) is 5.75 Å². The highest BCUT2D eigenvalue weighted by Gasteiger charge is 2.16. The predicted octanol–water partition coefficient (Wildman–Crippen LogP) is 3.05. The third kappa shape index (κ3) is 4.12. The van der Waals surface area contributed by atoms with Crippen LogP contribution in [0.15, 0.2) is 24.5 Å². The van der Waals surface area contributed by atoms with Crippen molar-refractivity contribution < 1.29 is 19.8 Å². The third-order valence-corrected chi connectivity index (χ3v) is 4.99. The van der Waals surface area contributed by atoms with Crippen LogP contribution in [0, 0.1) is 20.8 Å². The van der Waals surface area contributed by atoms with E-state index in [9.17, 15) is 14.7 Å². The Kier molecular flexibility index (Phi) is 5.32. The molecule has 28 heavy (non-hydrogen) atoms. The Bertz CT molecular complexity index is 1060. The molecule has 3 aromatic rings. The number of rotatable bonds is 6. The number of thiazole rings is 1. The highest BCUT2D eigenvalue weighted by atomic mass is 32.1. The minimum absolute atomic E-state index is 0.111. The van der Waals surface area contributed by atoms with Gasteiger partial charge >= 0.3 is 5.97 Å². The fraction of sp³-hybridized carbons (Fsp3) is 0.222. The van der Waals surface area contributed by atoms with Gasteiger partial charge in [-0.25, -0.2) is 4.98 Å². The quantitative estimate of drug-likeness (QED) is 0.499. The van der Waals surface area contributed by atoms with Crippen LogP contribution in [0.1, 0.15) is 26.4 Å². The Hall–Kier alpha value is -3.40. The topological polar surface area (TPSA) is 129 Å². The average molecular weight is 401 g/mol. The van der Waals surface area contributed by atoms with Crippen molar-refractivity contribution in [2.75, 3.05) is 10.6 Å². The number of anilines is 3. The lowest BCUT2D eigenvalue weighted by atomic mass is 10.1. The zero-order valence-electron chi connectivity index (χ0n) is 15.5. The van der Waals surface area contributed by atoms with Crippen molar-refractivity contribution in [3.63, 3.8) is 0 Å². The highest BCUT2D eigenvalue weighted by molar-refractivity contribution is 7.17. The van der Waals surface area contributed by atoms with Crippen LogP contribution < -0.4 is 10.6 Å². The summed E-state index contributed by atoms with van der Waals surface area (Å²) in [6, 6.07) is 3.31. The van der Waals surface area contributed by atoms with Gasteiger partial charge in [-0.15, -0.1) is 0 Å². The number of carbonyl (C=O) groups is 2. The molecular weight excluding hydrogens is 382 g/mol. The van der Waals surface area contributed by atoms with E-state index in [-0.39, 0.29) is 18.2 Å². The van der Waals surface area contributed by atoms with E-state index in [0.717, 1.165) is 22.5 Å². The second-order valence-electron chi connectivity index (χ2n) is 6.26. The van der Waals surface area contributed by atoms with Gasteiger partial charge in [-0.1, -0.05) is 17.4 Å². The van der Waals surface area contributed by atoms with Crippen molar-refractivity contribution in [1.29, 1.82) is 0 Å². The molecule has 4 N–H and O–H groups in total. The predicted molar refractivity (Wildman–Crippen MR) is 106 cm³/mol. The summed E-state index contributed by atoms with van der Waals surface area (Å²) in [5, 5.41) is 29.1. The van der Waals surface area contributed by atoms with Crippen molar-refractivity contribution >= 4 is 39.9 Å². The Balaban J connectivity index is 1.74. The number of nitrogens with one attached hydrogen (secondary N) is 2. The SMILES string of the molecule is Cc1cn(CC(=O)O)nc1Nc1ncc(C(=O)Nc2c(C)ccc(O)c2C)s1. The average Bonchev–Trinajstić information content (AvgIpc) is 3.22. The Morgan fingerprint density at radius 1 is 1.21 bits per heavy atom. The summed E-state index contributed by atoms with van der Waals surface area (Å²) < 4.78 is 1.31. The zero-order valence-corrected chi connectivity index (χ0v) is 16.3. The molecule has 3 rings (SSSR count). The van der Waals surface area contributed by atoms with Crippen molar-refractivity contribution in [3.05, 3.63) is 46.1 Å². The summed E-state index contributed by atoms with van der Waals surface area (Å²) in [7, 11) is 0. The van der Waals surface area contributed by atoms with Crippen LogP contribution in [0.5, 0.6) is 5.75 Å². The van der Waals surface area contributed by atoms with Gasteiger partial charge in [-0.3, -0.25) is 14.3 Å². The zero-order chi connectivity index (χ0) is 20.4. The number of carboxylic acids is 1. The summed E-state index contributed by atoms with van der Waals surface area (Å²) in [5.41, 5.74) is 2.76. The molecule has 0 fully saturated rings. The van der Waals surface area contributed by atoms with Crippen LogP contribution in [0.3, 0.4) is 0 Å². The number of aromatic nitrogens is 3. The number of aryl methyl sites for hydroxylation is 2. The fourth-order valence-electron chi connectivity index (χ4n) is 2.61. The summed E-state index contributed by atoms with van der Waals surface area (Å²) >= 11 is 1.14. The van der Waals surface area contributed by atoms with E-state index < -0.39 is 5.97 Å². The molecule has 0 saturated carbocycles. The fourth-order valence-corrected chi connectivity index (χ4v) is 3.32. The molecule has 0 saturated heterocycles. The number of phenols is 1. The molecule has 0 radical (unpaired) electrons. The lowest BCUT2D eigenvalue weighted by Crippen LogP contribution is -2.12. The maximum Gasteiger partial charge on any atom is 0.325 e. The van der Waals surface area contributed by atoms with Crippen LogP contribution in [-0.4, -0.2) is 36.9 Å². The Labute approximate surface area is 164 Å². The number of amides is 1. The number of nitrogens with zero attached hydrogens (tertiary/aromatic N) is 3. The summed E-state index contributed by atoms with van der Waals surface area (Å²) in [6.07, 6.45) is 3.06. The van der Waals surface area contributed by atoms with Gasteiger partial charge in [0.05, 0.1) is 11.9 Å². The summed E-state index contributed by atoms with van der Waals surface area (Å²) in [6.45, 7) is 5.13. The van der Waals surface area contributed by atoms with E-state index in [2.05, 4.69) is 20.7 Å². The molecule has 0 bridgehead atoms. The number of benzene rings is 1. The number of carboxylic acid groups (broad SMARTS) is 1. The molecule has 0 aliphatic rings. The van der Waals surface area contributed by atoms with E-state index in [1.165, 1.54) is 10.9 Å². The number of aromatic hydroxyl groups is 1. The summed E-state index contributed by atoms with van der Waals surface area (Å²) in [4.78, 5) is 27.9. The molecule has 0 spiro atoms. The van der Waals surface area contributed by atoms with Crippen LogP contribution in [0.4, 0.5) is 16.6 Å². The molecule has 0 unspecified atom stereocenters. The second-order valence-corrected chi connectivity index (χ2v) is 7.29. The van der Waals surface area contributed by atoms with Crippen LogP contribution in [-0.2, 0) is 11.3 Å². The number of phenolic OH excluding ortho intramolecular Hbond substituents is 1. The van der Waals surface area contributed by atoms with E-state index in [4.69, 9.17) is 5.11 Å². The maximum atomic E-state index is 12.6. The van der Waals surface area contributed by atoms with Crippen molar-refractivity contribution in [1.82, 2.24) is 14.8 Å². The monoisotopic (exact) mass is 401 g/mol. The molecule has 0 aliphatic carbocycles. The molecule has 0 atom stereocenters. The van der Waals surface area contributed by atoms with Crippen LogP contribution in [0.25, 0.3) is 0 Å². The second kappa shape index (κ2) is 7.69. The van der Waals surface area contributed by atoms with E-state index in [1.807, 2.05) is 6.92 Å². The normalized spacial score (nSPS) is 10.7. The van der Waals surface area contributed by atoms with E-state index in [0.29, 0.717) is 27.1 Å². The molecule has 1 amide bonds. The molecule has 9 nitrogen and oxygen atoms in total. The van der Waals surface area contributed by atoms with Gasteiger partial charge in [0.1, 0.15) is 17.2 Å². The molecule has 0 aliphatic heterocycles. The van der Waals surface area contributed by atoms with Crippen molar-refractivity contribution in [2.45, 2.75) is 27.3 Å². The van der Waals surface area contributed by atoms with Crippen LogP contribution >= 0.6 is 11.3 Å². The first-order valence-corrected chi connectivity index (χ1v) is 9.15. The first kappa shape index (κ1) is 19.4. The molecule has 2 heterocycles. The lowest BCUT2D eigenvalue weighted by Gasteiger charge is -2.11. The Morgan fingerprint density at radius 2 is 1.96 bits per heavy atom. The van der Waals surface area contributed by atoms with Gasteiger partial charge in [-0.2, -0.15) is 5.10 Å². The number of hydrogen-bond acceptors (Lipinski definition) is 7. The maximum absolute atomic E-state index is 12.6. The van der Waals surface area contributed by atoms with Gasteiger partial charge in [0.2, 0.25) is 0 Å². The van der Waals surface area contributed by atoms with Gasteiger partial charge in [0.15, 0.2) is 10.9 Å². The Morgan fingerprint density at radius 3 is 2.68 bits per heavy atom. The molecule has 146 valence electrons. The highest BCUT2D eigenvalue weighted by Crippen LogP contribution is 2.29. The molecule has 2 aromatic heterocycles. The lowest BCUT2D eigenvalue weighted by molar-refractivity contribution is -0.137. The molecule has 10 heteroatoms. The van der Waals surface area contributed by atoms with Gasteiger partial charge in [-0.05, 0) is 32.4 Å².